The van der Waals surface area contributed by atoms with Gasteiger partial charge in [-0.1, -0.05) is 59.6 Å². The maximum atomic E-state index is 12.7. The molecule has 1 fully saturated rings. The molecule has 0 aliphatic carbocycles. The Morgan fingerprint density at radius 3 is 2.28 bits per heavy atom. The first kappa shape index (κ1) is 22.6. The number of rotatable bonds is 6. The Balaban J connectivity index is 1.40. The van der Waals surface area contributed by atoms with Crippen LogP contribution in [0.15, 0.2) is 77.7 Å². The van der Waals surface area contributed by atoms with Gasteiger partial charge in [0.05, 0.1) is 23.1 Å². The van der Waals surface area contributed by atoms with Crippen molar-refractivity contribution in [2.75, 3.05) is 17.8 Å². The molecular formula is C23H20Cl2N2O4S. The minimum Gasteiger partial charge on any atom is -0.386 e. The van der Waals surface area contributed by atoms with E-state index in [9.17, 15) is 18.3 Å². The molecule has 1 aliphatic heterocycles. The first-order valence-corrected chi connectivity index (χ1v) is 12.0. The average molecular weight is 491 g/mol. The fraction of sp³-hybridized carbons (Fsp3) is 0.174. The number of amides is 1. The van der Waals surface area contributed by atoms with E-state index in [2.05, 4.69) is 4.72 Å². The topological polar surface area (TPSA) is 86.7 Å². The Hall–Kier alpha value is -2.58. The number of nitrogens with zero attached hydrogens (tertiary/aromatic N) is 1. The predicted molar refractivity (Wildman–Crippen MR) is 125 cm³/mol. The van der Waals surface area contributed by atoms with Crippen LogP contribution >= 0.6 is 23.2 Å². The van der Waals surface area contributed by atoms with E-state index in [0.717, 1.165) is 5.56 Å². The maximum Gasteiger partial charge on any atom is 0.263 e. The molecule has 1 aliphatic rings. The largest absolute Gasteiger partial charge is 0.386 e. The number of hydrogen-bond acceptors (Lipinski definition) is 4. The zero-order chi connectivity index (χ0) is 22.9. The second-order valence-electron chi connectivity index (χ2n) is 7.78. The number of hydrogen-bond donors (Lipinski definition) is 2. The summed E-state index contributed by atoms with van der Waals surface area (Å²) in [5, 5.41) is 10.7. The number of anilines is 1. The van der Waals surface area contributed by atoms with Gasteiger partial charge in [0.15, 0.2) is 0 Å². The number of β-amino-alcohol motifs (C(OH)–C–C–N with tert-alkyl or cyclic N) is 1. The summed E-state index contributed by atoms with van der Waals surface area (Å²) in [7, 11) is -3.95. The Morgan fingerprint density at radius 2 is 1.62 bits per heavy atom. The summed E-state index contributed by atoms with van der Waals surface area (Å²) in [4.78, 5) is 14.1. The van der Waals surface area contributed by atoms with Crippen molar-refractivity contribution in [2.45, 2.75) is 16.9 Å². The molecule has 6 nitrogen and oxygen atoms in total. The van der Waals surface area contributed by atoms with Gasteiger partial charge in [0.25, 0.3) is 15.9 Å². The molecule has 1 saturated heterocycles. The van der Waals surface area contributed by atoms with Crippen molar-refractivity contribution in [3.05, 3.63) is 94.0 Å². The summed E-state index contributed by atoms with van der Waals surface area (Å²) in [5.74, 6) is -0.227. The number of aliphatic hydroxyl groups is 1. The average Bonchev–Trinajstić information content (AvgIpc) is 2.74. The lowest BCUT2D eigenvalue weighted by atomic mass is 9.86. The van der Waals surface area contributed by atoms with Gasteiger partial charge in [0.2, 0.25) is 0 Å². The third-order valence-corrected chi connectivity index (χ3v) is 7.58. The Bertz CT molecular complexity index is 1240. The third kappa shape index (κ3) is 4.76. The fourth-order valence-electron chi connectivity index (χ4n) is 3.66. The van der Waals surface area contributed by atoms with Crippen molar-refractivity contribution < 1.29 is 18.3 Å². The smallest absolute Gasteiger partial charge is 0.263 e. The van der Waals surface area contributed by atoms with Crippen LogP contribution in [0.4, 0.5) is 5.69 Å². The highest BCUT2D eigenvalue weighted by atomic mass is 35.5. The van der Waals surface area contributed by atoms with Gasteiger partial charge >= 0.3 is 0 Å². The fourth-order valence-corrected chi connectivity index (χ4v) is 5.48. The highest BCUT2D eigenvalue weighted by molar-refractivity contribution is 7.92. The van der Waals surface area contributed by atoms with E-state index in [4.69, 9.17) is 23.2 Å². The quantitative estimate of drug-likeness (QED) is 0.541. The minimum atomic E-state index is -3.95. The van der Waals surface area contributed by atoms with Gasteiger partial charge in [0, 0.05) is 17.7 Å². The summed E-state index contributed by atoms with van der Waals surface area (Å²) < 4.78 is 27.7. The van der Waals surface area contributed by atoms with Crippen molar-refractivity contribution in [2.24, 2.45) is 0 Å². The van der Waals surface area contributed by atoms with Gasteiger partial charge < -0.3 is 10.0 Å². The van der Waals surface area contributed by atoms with E-state index in [0.29, 0.717) is 12.0 Å². The van der Waals surface area contributed by atoms with Crippen LogP contribution in [0.25, 0.3) is 0 Å². The second kappa shape index (κ2) is 8.75. The van der Waals surface area contributed by atoms with Gasteiger partial charge in [-0.3, -0.25) is 9.52 Å². The summed E-state index contributed by atoms with van der Waals surface area (Å²) in [6, 6.07) is 20.1. The summed E-state index contributed by atoms with van der Waals surface area (Å²) >= 11 is 11.9. The lowest BCUT2D eigenvalue weighted by Gasteiger charge is -2.46. The van der Waals surface area contributed by atoms with E-state index < -0.39 is 15.6 Å². The molecule has 0 aromatic heterocycles. The van der Waals surface area contributed by atoms with Crippen molar-refractivity contribution in [3.63, 3.8) is 0 Å². The van der Waals surface area contributed by atoms with Crippen molar-refractivity contribution >= 4 is 44.8 Å². The zero-order valence-electron chi connectivity index (χ0n) is 16.8. The number of carbonyl (C=O) groups is 1. The van der Waals surface area contributed by atoms with Crippen LogP contribution < -0.4 is 4.72 Å². The Kier molecular flexibility index (Phi) is 6.18. The van der Waals surface area contributed by atoms with Crippen molar-refractivity contribution in [1.29, 1.82) is 0 Å². The number of carbonyl (C=O) groups excluding carboxylic acids is 1. The van der Waals surface area contributed by atoms with Gasteiger partial charge in [-0.25, -0.2) is 8.42 Å². The lowest BCUT2D eigenvalue weighted by Crippen LogP contribution is -2.64. The van der Waals surface area contributed by atoms with E-state index in [1.54, 1.807) is 4.90 Å². The number of likely N-dealkylation sites (tertiary alicyclic amines) is 1. The van der Waals surface area contributed by atoms with Gasteiger partial charge in [-0.15, -0.1) is 0 Å². The van der Waals surface area contributed by atoms with Crippen LogP contribution in [0.1, 0.15) is 15.9 Å². The first-order chi connectivity index (χ1) is 15.2. The Labute approximate surface area is 196 Å². The van der Waals surface area contributed by atoms with Crippen LogP contribution in [-0.2, 0) is 16.4 Å². The van der Waals surface area contributed by atoms with Crippen molar-refractivity contribution in [1.82, 2.24) is 4.90 Å². The SMILES string of the molecule is O=C(c1ccc(NS(=O)(=O)c2cccc(Cl)c2Cl)cc1)N1CC(O)(Cc2ccccc2)C1. The molecule has 0 spiro atoms. The second-order valence-corrected chi connectivity index (χ2v) is 10.2. The van der Waals surface area contributed by atoms with E-state index in [1.165, 1.54) is 42.5 Å². The molecule has 1 amide bonds. The molecule has 0 unspecified atom stereocenters. The number of benzene rings is 3. The highest BCUT2D eigenvalue weighted by Gasteiger charge is 2.43. The predicted octanol–water partition coefficient (Wildman–Crippen LogP) is 4.22. The molecule has 0 bridgehead atoms. The first-order valence-electron chi connectivity index (χ1n) is 9.79. The van der Waals surface area contributed by atoms with Crippen LogP contribution in [0.2, 0.25) is 10.0 Å². The van der Waals surface area contributed by atoms with E-state index in [-0.39, 0.29) is 39.6 Å². The molecule has 166 valence electrons. The van der Waals surface area contributed by atoms with E-state index in [1.807, 2.05) is 30.3 Å². The molecule has 3 aromatic rings. The third-order valence-electron chi connectivity index (χ3n) is 5.22. The van der Waals surface area contributed by atoms with Crippen molar-refractivity contribution in [3.8, 4) is 0 Å². The number of halogens is 2. The molecule has 9 heteroatoms. The molecular weight excluding hydrogens is 471 g/mol. The number of nitrogens with one attached hydrogen (secondary N) is 1. The zero-order valence-corrected chi connectivity index (χ0v) is 19.2. The summed E-state index contributed by atoms with van der Waals surface area (Å²) in [6.45, 7) is 0.477. The van der Waals surface area contributed by atoms with Crippen LogP contribution in [0.3, 0.4) is 0 Å². The molecule has 1 heterocycles. The van der Waals surface area contributed by atoms with Gasteiger partial charge in [-0.2, -0.15) is 0 Å². The maximum absolute atomic E-state index is 12.7. The van der Waals surface area contributed by atoms with Crippen LogP contribution in [-0.4, -0.2) is 43.0 Å². The van der Waals surface area contributed by atoms with Gasteiger partial charge in [0.1, 0.15) is 10.5 Å². The highest BCUT2D eigenvalue weighted by Crippen LogP contribution is 2.31. The molecule has 0 saturated carbocycles. The minimum absolute atomic E-state index is 0.0609. The monoisotopic (exact) mass is 490 g/mol. The molecule has 0 radical (unpaired) electrons. The van der Waals surface area contributed by atoms with E-state index >= 15 is 0 Å². The van der Waals surface area contributed by atoms with Gasteiger partial charge in [-0.05, 0) is 42.0 Å². The molecule has 3 aromatic carbocycles. The molecule has 32 heavy (non-hydrogen) atoms. The molecule has 4 rings (SSSR count). The number of sulfonamides is 1. The Morgan fingerprint density at radius 1 is 0.969 bits per heavy atom. The van der Waals surface area contributed by atoms with Crippen LogP contribution in [0.5, 0.6) is 0 Å². The molecule has 0 atom stereocenters. The summed E-state index contributed by atoms with van der Waals surface area (Å²) in [6.07, 6.45) is 0.477. The molecule has 2 N–H and O–H groups in total. The summed E-state index contributed by atoms with van der Waals surface area (Å²) in [5.41, 5.74) is 0.749. The van der Waals surface area contributed by atoms with Crippen LogP contribution in [0, 0.1) is 0 Å². The normalized spacial score (nSPS) is 15.2. The lowest BCUT2D eigenvalue weighted by molar-refractivity contribution is -0.0799. The standard InChI is InChI=1S/C23H20Cl2N2O4S/c24-19-7-4-8-20(21(19)25)32(30,31)26-18-11-9-17(10-12-18)22(28)27-14-23(29,15-27)13-16-5-2-1-3-6-16/h1-12,26,29H,13-15H2.